The van der Waals surface area contributed by atoms with E-state index in [4.69, 9.17) is 19.3 Å². The first-order valence-electron chi connectivity index (χ1n) is 9.50. The smallest absolute Gasteiger partial charge is 0.162 e. The molecule has 0 aliphatic heterocycles. The van der Waals surface area contributed by atoms with Crippen LogP contribution in [0.15, 0.2) is 78.9 Å². The molecule has 28 heavy (non-hydrogen) atoms. The summed E-state index contributed by atoms with van der Waals surface area (Å²) in [5.74, 6) is 1.40. The van der Waals surface area contributed by atoms with Crippen LogP contribution in [0.1, 0.15) is 23.1 Å². The maximum Gasteiger partial charge on any atom is 0.162 e. The second kappa shape index (κ2) is 11.1. The van der Waals surface area contributed by atoms with Crippen LogP contribution in [0.5, 0.6) is 11.5 Å². The van der Waals surface area contributed by atoms with Gasteiger partial charge in [-0.15, -0.1) is 0 Å². The number of ether oxygens (including phenoxy) is 3. The minimum absolute atomic E-state index is 0.137. The van der Waals surface area contributed by atoms with Crippen molar-refractivity contribution in [1.82, 2.24) is 0 Å². The molecule has 0 amide bonds. The molecule has 0 unspecified atom stereocenters. The molecule has 0 spiro atoms. The monoisotopic (exact) mass is 378 g/mol. The molecule has 0 aromatic heterocycles. The molecular weight excluding hydrogens is 352 g/mol. The lowest BCUT2D eigenvalue weighted by Crippen LogP contribution is -2.02. The van der Waals surface area contributed by atoms with Crippen molar-refractivity contribution >= 4 is 0 Å². The highest BCUT2D eigenvalue weighted by Gasteiger charge is 2.08. The Balaban J connectivity index is 1.68. The lowest BCUT2D eigenvalue weighted by molar-refractivity contribution is 0.104. The maximum atomic E-state index is 8.86. The van der Waals surface area contributed by atoms with Crippen molar-refractivity contribution < 1.29 is 19.3 Å². The maximum absolute atomic E-state index is 8.86. The SMILES string of the molecule is OCCCOCc1ccc(OCc2ccccc2)c(OCc2ccccc2)c1. The number of hydrogen-bond donors (Lipinski definition) is 1. The van der Waals surface area contributed by atoms with Gasteiger partial charge in [0.2, 0.25) is 0 Å². The summed E-state index contributed by atoms with van der Waals surface area (Å²) in [6, 6.07) is 26.0. The largest absolute Gasteiger partial charge is 0.485 e. The third kappa shape index (κ3) is 6.41. The predicted molar refractivity (Wildman–Crippen MR) is 109 cm³/mol. The molecule has 1 N–H and O–H groups in total. The van der Waals surface area contributed by atoms with E-state index in [-0.39, 0.29) is 6.61 Å². The highest BCUT2D eigenvalue weighted by molar-refractivity contribution is 5.43. The molecule has 4 heteroatoms. The standard InChI is InChI=1S/C24H26O4/c25-14-7-15-26-17-22-12-13-23(27-18-20-8-3-1-4-9-20)24(16-22)28-19-21-10-5-2-6-11-21/h1-6,8-13,16,25H,7,14-15,17-19H2. The van der Waals surface area contributed by atoms with Crippen LogP contribution in [-0.4, -0.2) is 18.3 Å². The zero-order valence-corrected chi connectivity index (χ0v) is 15.9. The first-order chi connectivity index (χ1) is 13.8. The molecule has 146 valence electrons. The van der Waals surface area contributed by atoms with Gasteiger partial charge in [-0.05, 0) is 35.2 Å². The molecule has 3 aromatic rings. The van der Waals surface area contributed by atoms with Crippen molar-refractivity contribution in [3.8, 4) is 11.5 Å². The van der Waals surface area contributed by atoms with Crippen molar-refractivity contribution in [2.45, 2.75) is 26.2 Å². The van der Waals surface area contributed by atoms with Crippen LogP contribution in [0.25, 0.3) is 0 Å². The van der Waals surface area contributed by atoms with E-state index in [2.05, 4.69) is 0 Å². The van der Waals surface area contributed by atoms with Crippen molar-refractivity contribution in [3.05, 3.63) is 95.6 Å². The van der Waals surface area contributed by atoms with E-state index < -0.39 is 0 Å². The predicted octanol–water partition coefficient (Wildman–Crippen LogP) is 4.74. The summed E-state index contributed by atoms with van der Waals surface area (Å²) in [6.07, 6.45) is 0.635. The van der Waals surface area contributed by atoms with E-state index in [0.29, 0.717) is 44.3 Å². The van der Waals surface area contributed by atoms with Gasteiger partial charge >= 0.3 is 0 Å². The molecular formula is C24H26O4. The van der Waals surface area contributed by atoms with E-state index in [0.717, 1.165) is 16.7 Å². The molecule has 0 fully saturated rings. The average molecular weight is 378 g/mol. The lowest BCUT2D eigenvalue weighted by atomic mass is 10.2. The molecule has 0 bridgehead atoms. The second-order valence-electron chi connectivity index (χ2n) is 6.46. The van der Waals surface area contributed by atoms with Crippen molar-refractivity contribution in [2.24, 2.45) is 0 Å². The average Bonchev–Trinajstić information content (AvgIpc) is 2.76. The summed E-state index contributed by atoms with van der Waals surface area (Å²) in [7, 11) is 0. The van der Waals surface area contributed by atoms with Crippen LogP contribution in [0.4, 0.5) is 0 Å². The van der Waals surface area contributed by atoms with Crippen LogP contribution < -0.4 is 9.47 Å². The topological polar surface area (TPSA) is 47.9 Å². The van der Waals surface area contributed by atoms with E-state index in [1.54, 1.807) is 0 Å². The summed E-state index contributed by atoms with van der Waals surface area (Å²) in [5, 5.41) is 8.86. The van der Waals surface area contributed by atoms with Crippen molar-refractivity contribution in [1.29, 1.82) is 0 Å². The van der Waals surface area contributed by atoms with E-state index in [9.17, 15) is 0 Å². The minimum atomic E-state index is 0.137. The Kier molecular flexibility index (Phi) is 7.91. The molecule has 4 nitrogen and oxygen atoms in total. The normalized spacial score (nSPS) is 10.6. The minimum Gasteiger partial charge on any atom is -0.485 e. The van der Waals surface area contributed by atoms with Crippen LogP contribution >= 0.6 is 0 Å². The Hall–Kier alpha value is -2.82. The summed E-state index contributed by atoms with van der Waals surface area (Å²) in [4.78, 5) is 0. The van der Waals surface area contributed by atoms with Gasteiger partial charge in [0.1, 0.15) is 13.2 Å². The molecule has 3 aromatic carbocycles. The van der Waals surface area contributed by atoms with Gasteiger partial charge in [-0.1, -0.05) is 66.7 Å². The van der Waals surface area contributed by atoms with Gasteiger partial charge in [0.15, 0.2) is 11.5 Å². The first-order valence-corrected chi connectivity index (χ1v) is 9.50. The lowest BCUT2D eigenvalue weighted by Gasteiger charge is -2.15. The van der Waals surface area contributed by atoms with Gasteiger partial charge in [-0.3, -0.25) is 0 Å². The Morgan fingerprint density at radius 3 is 1.82 bits per heavy atom. The van der Waals surface area contributed by atoms with Crippen LogP contribution in [0.3, 0.4) is 0 Å². The number of rotatable bonds is 11. The molecule has 0 atom stereocenters. The Labute approximate surface area is 166 Å². The molecule has 0 heterocycles. The van der Waals surface area contributed by atoms with Crippen molar-refractivity contribution in [3.63, 3.8) is 0 Å². The zero-order chi connectivity index (χ0) is 19.4. The van der Waals surface area contributed by atoms with Gasteiger partial charge in [0, 0.05) is 13.2 Å². The van der Waals surface area contributed by atoms with Gasteiger partial charge in [-0.25, -0.2) is 0 Å². The Morgan fingerprint density at radius 1 is 0.607 bits per heavy atom. The fourth-order valence-corrected chi connectivity index (χ4v) is 2.70. The van der Waals surface area contributed by atoms with Gasteiger partial charge < -0.3 is 19.3 Å². The number of aliphatic hydroxyl groups excluding tert-OH is 1. The van der Waals surface area contributed by atoms with E-state index in [1.807, 2.05) is 78.9 Å². The summed E-state index contributed by atoms with van der Waals surface area (Å²) >= 11 is 0. The fourth-order valence-electron chi connectivity index (χ4n) is 2.70. The summed E-state index contributed by atoms with van der Waals surface area (Å²) in [5.41, 5.74) is 3.21. The van der Waals surface area contributed by atoms with Crippen LogP contribution in [0.2, 0.25) is 0 Å². The molecule has 0 radical (unpaired) electrons. The molecule has 0 saturated carbocycles. The van der Waals surface area contributed by atoms with Crippen molar-refractivity contribution in [2.75, 3.05) is 13.2 Å². The summed E-state index contributed by atoms with van der Waals surface area (Å²) < 4.78 is 17.7. The van der Waals surface area contributed by atoms with Gasteiger partial charge in [-0.2, -0.15) is 0 Å². The van der Waals surface area contributed by atoms with Gasteiger partial charge in [0.05, 0.1) is 6.61 Å². The highest BCUT2D eigenvalue weighted by Crippen LogP contribution is 2.30. The van der Waals surface area contributed by atoms with E-state index >= 15 is 0 Å². The van der Waals surface area contributed by atoms with E-state index in [1.165, 1.54) is 0 Å². The van der Waals surface area contributed by atoms with Crippen LogP contribution in [-0.2, 0) is 24.6 Å². The Bertz CT molecular complexity index is 819. The molecule has 0 saturated heterocycles. The number of aliphatic hydroxyl groups is 1. The molecule has 0 aliphatic carbocycles. The number of benzene rings is 3. The molecule has 3 rings (SSSR count). The third-order valence-electron chi connectivity index (χ3n) is 4.20. The quantitative estimate of drug-likeness (QED) is 0.490. The first kappa shape index (κ1) is 19.9. The Morgan fingerprint density at radius 2 is 1.21 bits per heavy atom. The fraction of sp³-hybridized carbons (Fsp3) is 0.250. The van der Waals surface area contributed by atoms with Gasteiger partial charge in [0.25, 0.3) is 0 Å². The molecule has 0 aliphatic rings. The highest BCUT2D eigenvalue weighted by atomic mass is 16.5. The second-order valence-corrected chi connectivity index (χ2v) is 6.46. The number of hydrogen-bond acceptors (Lipinski definition) is 4. The third-order valence-corrected chi connectivity index (χ3v) is 4.20. The summed E-state index contributed by atoms with van der Waals surface area (Å²) in [6.45, 7) is 2.09. The van der Waals surface area contributed by atoms with Crippen LogP contribution in [0, 0.1) is 0 Å². The zero-order valence-electron chi connectivity index (χ0n) is 15.9.